The summed E-state index contributed by atoms with van der Waals surface area (Å²) in [4.78, 5) is 0. The summed E-state index contributed by atoms with van der Waals surface area (Å²) in [5.41, 5.74) is 8.30. The van der Waals surface area contributed by atoms with E-state index in [0.29, 0.717) is 0 Å². The quantitative estimate of drug-likeness (QED) is 0.450. The molecule has 0 aliphatic heterocycles. The maximum atomic E-state index is 2.52. The van der Waals surface area contributed by atoms with E-state index in [-0.39, 0.29) is 0 Å². The molecule has 3 aliphatic rings. The third-order valence-electron chi connectivity index (χ3n) is 7.68. The zero-order valence-corrected chi connectivity index (χ0v) is 17.8. The lowest BCUT2D eigenvalue weighted by Crippen LogP contribution is -2.35. The molecular formula is C27H32N+. The first-order valence-electron chi connectivity index (χ1n) is 11.0. The van der Waals surface area contributed by atoms with Crippen LogP contribution < -0.4 is 4.57 Å². The van der Waals surface area contributed by atoms with E-state index in [9.17, 15) is 0 Å². The molecule has 2 bridgehead atoms. The molecule has 1 heteroatoms. The van der Waals surface area contributed by atoms with Crippen molar-refractivity contribution >= 4 is 10.8 Å². The number of aromatic nitrogens is 1. The smallest absolute Gasteiger partial charge is 0.198 e. The summed E-state index contributed by atoms with van der Waals surface area (Å²) in [5, 5.41) is 2.79. The lowest BCUT2D eigenvalue weighted by Gasteiger charge is -2.42. The van der Waals surface area contributed by atoms with Crippen LogP contribution in [0.5, 0.6) is 0 Å². The summed E-state index contributed by atoms with van der Waals surface area (Å²) in [6.45, 7) is 6.66. The van der Waals surface area contributed by atoms with Crippen molar-refractivity contribution in [1.29, 1.82) is 0 Å². The number of fused-ring (bicyclic) bond motifs is 4. The van der Waals surface area contributed by atoms with Gasteiger partial charge in [-0.1, -0.05) is 42.7 Å². The van der Waals surface area contributed by atoms with Crippen molar-refractivity contribution in [3.63, 3.8) is 0 Å². The van der Waals surface area contributed by atoms with Crippen LogP contribution in [0.3, 0.4) is 0 Å². The van der Waals surface area contributed by atoms with Crippen molar-refractivity contribution in [2.45, 2.75) is 58.8 Å². The van der Waals surface area contributed by atoms with Crippen LogP contribution >= 0.6 is 0 Å². The Balaban J connectivity index is 1.67. The first kappa shape index (κ1) is 17.9. The second-order valence-corrected chi connectivity index (χ2v) is 9.48. The number of aryl methyl sites for hydroxylation is 3. The minimum Gasteiger partial charge on any atom is -0.198 e. The molecule has 3 saturated carbocycles. The summed E-state index contributed by atoms with van der Waals surface area (Å²) in [7, 11) is 2.21. The Morgan fingerprint density at radius 3 is 2.36 bits per heavy atom. The normalized spacial score (nSPS) is 24.1. The Hall–Kier alpha value is -2.15. The first-order chi connectivity index (χ1) is 13.5. The molecule has 1 aromatic heterocycles. The number of hydrogen-bond donors (Lipinski definition) is 0. The first-order valence-corrected chi connectivity index (χ1v) is 11.0. The molecule has 1 unspecified atom stereocenters. The van der Waals surface area contributed by atoms with Gasteiger partial charge in [0, 0.05) is 18.6 Å². The monoisotopic (exact) mass is 370 g/mol. The van der Waals surface area contributed by atoms with Gasteiger partial charge >= 0.3 is 0 Å². The number of nitrogens with zero attached hydrogens (tertiary/aromatic N) is 1. The van der Waals surface area contributed by atoms with E-state index in [1.54, 1.807) is 5.56 Å². The molecule has 1 heterocycles. The van der Waals surface area contributed by atoms with Crippen LogP contribution in [-0.2, 0) is 7.05 Å². The fraction of sp³-hybridized carbons (Fsp3) is 0.444. The maximum Gasteiger partial charge on any atom is 0.220 e. The van der Waals surface area contributed by atoms with Gasteiger partial charge in [-0.3, -0.25) is 0 Å². The summed E-state index contributed by atoms with van der Waals surface area (Å²) < 4.78 is 2.37. The van der Waals surface area contributed by atoms with Crippen LogP contribution in [0.1, 0.15) is 60.4 Å². The predicted molar refractivity (Wildman–Crippen MR) is 118 cm³/mol. The molecule has 0 spiro atoms. The van der Waals surface area contributed by atoms with Crippen LogP contribution in [0.4, 0.5) is 0 Å². The van der Waals surface area contributed by atoms with Crippen LogP contribution in [0, 0.1) is 32.6 Å². The van der Waals surface area contributed by atoms with Crippen molar-refractivity contribution in [3.05, 3.63) is 64.8 Å². The van der Waals surface area contributed by atoms with Crippen molar-refractivity contribution in [2.75, 3.05) is 0 Å². The van der Waals surface area contributed by atoms with Gasteiger partial charge in [0.2, 0.25) is 5.69 Å². The van der Waals surface area contributed by atoms with E-state index in [4.69, 9.17) is 0 Å². The Morgan fingerprint density at radius 2 is 1.64 bits per heavy atom. The molecule has 0 radical (unpaired) electrons. The second-order valence-electron chi connectivity index (χ2n) is 9.48. The highest BCUT2D eigenvalue weighted by Gasteiger charge is 2.36. The molecule has 2 aromatic carbocycles. The van der Waals surface area contributed by atoms with Crippen molar-refractivity contribution in [1.82, 2.24) is 0 Å². The number of benzene rings is 2. The summed E-state index contributed by atoms with van der Waals surface area (Å²) in [6, 6.07) is 16.6. The lowest BCUT2D eigenvalue weighted by molar-refractivity contribution is -0.665. The molecule has 144 valence electrons. The van der Waals surface area contributed by atoms with Crippen LogP contribution in [0.15, 0.2) is 42.5 Å². The molecule has 28 heavy (non-hydrogen) atoms. The van der Waals surface area contributed by atoms with Gasteiger partial charge in [0.15, 0.2) is 5.69 Å². The Labute approximate surface area is 169 Å². The molecule has 6 rings (SSSR count). The summed E-state index contributed by atoms with van der Waals surface area (Å²) >= 11 is 0. The summed E-state index contributed by atoms with van der Waals surface area (Å²) in [5.74, 6) is 2.68. The van der Waals surface area contributed by atoms with E-state index in [1.807, 2.05) is 0 Å². The molecule has 1 atom stereocenters. The largest absolute Gasteiger partial charge is 0.220 e. The SMILES string of the molecule is Cc1ccc(C)c(-c2c3ccc(C4CC5CCC4CC5)cc3cc(C)[n+]2C)c1. The molecule has 0 amide bonds. The van der Waals surface area contributed by atoms with Gasteiger partial charge < -0.3 is 0 Å². The summed E-state index contributed by atoms with van der Waals surface area (Å²) in [6.07, 6.45) is 7.26. The van der Waals surface area contributed by atoms with Crippen LogP contribution in [-0.4, -0.2) is 0 Å². The van der Waals surface area contributed by atoms with E-state index in [0.717, 1.165) is 17.8 Å². The van der Waals surface area contributed by atoms with Crippen LogP contribution in [0.25, 0.3) is 22.0 Å². The van der Waals surface area contributed by atoms with Gasteiger partial charge in [-0.05, 0) is 79.5 Å². The number of rotatable bonds is 2. The third kappa shape index (κ3) is 2.87. The average Bonchev–Trinajstić information content (AvgIpc) is 2.71. The third-order valence-corrected chi connectivity index (χ3v) is 7.68. The van der Waals surface area contributed by atoms with Gasteiger partial charge in [0.05, 0.1) is 5.39 Å². The van der Waals surface area contributed by atoms with Crippen molar-refractivity contribution in [2.24, 2.45) is 18.9 Å². The van der Waals surface area contributed by atoms with E-state index in [1.165, 1.54) is 71.0 Å². The van der Waals surface area contributed by atoms with Gasteiger partial charge in [-0.15, -0.1) is 0 Å². The highest BCUT2D eigenvalue weighted by atomic mass is 14.9. The minimum absolute atomic E-state index is 0.787. The van der Waals surface area contributed by atoms with Crippen molar-refractivity contribution in [3.8, 4) is 11.3 Å². The number of hydrogen-bond acceptors (Lipinski definition) is 0. The molecular weight excluding hydrogens is 338 g/mol. The van der Waals surface area contributed by atoms with Crippen LogP contribution in [0.2, 0.25) is 0 Å². The molecule has 1 nitrogen and oxygen atoms in total. The molecule has 0 N–H and O–H groups in total. The second kappa shape index (κ2) is 6.72. The van der Waals surface area contributed by atoms with Crippen molar-refractivity contribution < 1.29 is 4.57 Å². The van der Waals surface area contributed by atoms with Gasteiger partial charge in [-0.25, -0.2) is 0 Å². The predicted octanol–water partition coefficient (Wildman–Crippen LogP) is 6.55. The zero-order valence-electron chi connectivity index (χ0n) is 17.8. The van der Waals surface area contributed by atoms with E-state index < -0.39 is 0 Å². The van der Waals surface area contributed by atoms with Gasteiger partial charge in [0.1, 0.15) is 7.05 Å². The molecule has 3 aliphatic carbocycles. The lowest BCUT2D eigenvalue weighted by atomic mass is 9.63. The Kier molecular flexibility index (Phi) is 4.30. The fourth-order valence-corrected chi connectivity index (χ4v) is 5.93. The van der Waals surface area contributed by atoms with Gasteiger partial charge in [-0.2, -0.15) is 4.57 Å². The number of pyridine rings is 1. The highest BCUT2D eigenvalue weighted by Crippen LogP contribution is 2.50. The zero-order chi connectivity index (χ0) is 19.4. The average molecular weight is 371 g/mol. The molecule has 0 saturated heterocycles. The minimum atomic E-state index is 0.787. The Bertz CT molecular complexity index is 1050. The molecule has 3 aromatic rings. The Morgan fingerprint density at radius 1 is 0.857 bits per heavy atom. The van der Waals surface area contributed by atoms with E-state index >= 15 is 0 Å². The fourth-order valence-electron chi connectivity index (χ4n) is 5.93. The van der Waals surface area contributed by atoms with Gasteiger partial charge in [0.25, 0.3) is 0 Å². The standard InChI is InChI=1S/C27H32N/c1-17-5-6-18(2)25(13-17)27-24-12-11-22(16-23(24)14-19(3)28(27)4)26-15-20-7-9-21(26)10-8-20/h5-6,11-14,16,20-21,26H,7-10,15H2,1-4H3/q+1. The topological polar surface area (TPSA) is 3.88 Å². The molecule has 3 fully saturated rings. The maximum absolute atomic E-state index is 2.52. The van der Waals surface area contributed by atoms with E-state index in [2.05, 4.69) is 74.9 Å². The highest BCUT2D eigenvalue weighted by molar-refractivity contribution is 5.94.